The SMILES string of the molecule is COC(=O)[C@]1(O)CCCN1C(=O)SCCN. The number of aliphatic hydroxyl groups is 1. The molecule has 1 aliphatic heterocycles. The zero-order chi connectivity index (χ0) is 12.2. The van der Waals surface area contributed by atoms with Gasteiger partial charge in [0, 0.05) is 25.3 Å². The minimum Gasteiger partial charge on any atom is -0.465 e. The van der Waals surface area contributed by atoms with Gasteiger partial charge in [-0.15, -0.1) is 0 Å². The predicted molar refractivity (Wildman–Crippen MR) is 59.8 cm³/mol. The summed E-state index contributed by atoms with van der Waals surface area (Å²) in [5.41, 5.74) is 3.49. The van der Waals surface area contributed by atoms with Crippen LogP contribution in [0.3, 0.4) is 0 Å². The highest BCUT2D eigenvalue weighted by Crippen LogP contribution is 2.30. The van der Waals surface area contributed by atoms with Crippen molar-refractivity contribution in [2.24, 2.45) is 5.73 Å². The number of likely N-dealkylation sites (tertiary alicyclic amines) is 1. The van der Waals surface area contributed by atoms with Gasteiger partial charge in [-0.25, -0.2) is 4.79 Å². The summed E-state index contributed by atoms with van der Waals surface area (Å²) in [7, 11) is 1.19. The number of carbonyl (C=O) groups is 2. The number of ether oxygens (including phenoxy) is 1. The maximum absolute atomic E-state index is 11.7. The Morgan fingerprint density at radius 1 is 1.62 bits per heavy atom. The number of amides is 1. The van der Waals surface area contributed by atoms with Gasteiger partial charge in [-0.05, 0) is 6.42 Å². The normalized spacial score (nSPS) is 24.6. The zero-order valence-corrected chi connectivity index (χ0v) is 9.96. The van der Waals surface area contributed by atoms with Crippen LogP contribution in [0, 0.1) is 0 Å². The van der Waals surface area contributed by atoms with E-state index in [0.29, 0.717) is 25.3 Å². The third-order valence-corrected chi connectivity index (χ3v) is 3.34. The lowest BCUT2D eigenvalue weighted by molar-refractivity contribution is -0.174. The van der Waals surface area contributed by atoms with E-state index in [2.05, 4.69) is 4.74 Å². The molecular weight excluding hydrogens is 232 g/mol. The zero-order valence-electron chi connectivity index (χ0n) is 9.14. The van der Waals surface area contributed by atoms with Gasteiger partial charge in [0.1, 0.15) is 0 Å². The Morgan fingerprint density at radius 2 is 2.31 bits per heavy atom. The second-order valence-corrected chi connectivity index (χ2v) is 4.51. The molecule has 1 saturated heterocycles. The maximum atomic E-state index is 11.7. The molecule has 1 aliphatic rings. The van der Waals surface area contributed by atoms with E-state index in [-0.39, 0.29) is 11.7 Å². The summed E-state index contributed by atoms with van der Waals surface area (Å²) in [6, 6.07) is 0. The molecule has 3 N–H and O–H groups in total. The first-order valence-electron chi connectivity index (χ1n) is 5.01. The van der Waals surface area contributed by atoms with Crippen LogP contribution in [-0.4, -0.2) is 52.9 Å². The Kier molecular flexibility index (Phi) is 4.57. The summed E-state index contributed by atoms with van der Waals surface area (Å²) >= 11 is 0.998. The quantitative estimate of drug-likeness (QED) is 0.669. The first kappa shape index (κ1) is 13.3. The molecule has 1 rings (SSSR count). The van der Waals surface area contributed by atoms with Gasteiger partial charge in [0.25, 0.3) is 5.24 Å². The third-order valence-electron chi connectivity index (χ3n) is 2.43. The molecule has 0 aromatic heterocycles. The minimum atomic E-state index is -1.80. The smallest absolute Gasteiger partial charge is 0.359 e. The van der Waals surface area contributed by atoms with Gasteiger partial charge < -0.3 is 15.6 Å². The molecule has 0 spiro atoms. The molecule has 0 saturated carbocycles. The second kappa shape index (κ2) is 5.51. The average Bonchev–Trinajstić information content (AvgIpc) is 2.68. The Bertz CT molecular complexity index is 287. The van der Waals surface area contributed by atoms with Crippen LogP contribution >= 0.6 is 11.8 Å². The fraction of sp³-hybridized carbons (Fsp3) is 0.778. The summed E-state index contributed by atoms with van der Waals surface area (Å²) < 4.78 is 4.51. The topological polar surface area (TPSA) is 92.9 Å². The largest absolute Gasteiger partial charge is 0.465 e. The van der Waals surface area contributed by atoms with Gasteiger partial charge in [-0.2, -0.15) is 0 Å². The molecule has 7 heteroatoms. The van der Waals surface area contributed by atoms with E-state index in [9.17, 15) is 14.7 Å². The number of esters is 1. The molecular formula is C9H16N2O4S. The summed E-state index contributed by atoms with van der Waals surface area (Å²) in [4.78, 5) is 24.3. The van der Waals surface area contributed by atoms with Crippen molar-refractivity contribution in [1.29, 1.82) is 0 Å². The van der Waals surface area contributed by atoms with Crippen LogP contribution in [0.5, 0.6) is 0 Å². The number of nitrogens with zero attached hydrogens (tertiary/aromatic N) is 1. The van der Waals surface area contributed by atoms with E-state index in [1.54, 1.807) is 0 Å². The molecule has 0 unspecified atom stereocenters. The van der Waals surface area contributed by atoms with Gasteiger partial charge >= 0.3 is 5.97 Å². The van der Waals surface area contributed by atoms with Crippen molar-refractivity contribution >= 4 is 23.0 Å². The van der Waals surface area contributed by atoms with Crippen molar-refractivity contribution < 1.29 is 19.4 Å². The molecule has 1 atom stereocenters. The van der Waals surface area contributed by atoms with Gasteiger partial charge in [-0.1, -0.05) is 11.8 Å². The fourth-order valence-electron chi connectivity index (χ4n) is 1.65. The van der Waals surface area contributed by atoms with Gasteiger partial charge in [0.15, 0.2) is 0 Å². The number of rotatable bonds is 3. The van der Waals surface area contributed by atoms with E-state index in [1.807, 2.05) is 0 Å². The van der Waals surface area contributed by atoms with E-state index in [1.165, 1.54) is 7.11 Å². The molecule has 1 fully saturated rings. The van der Waals surface area contributed by atoms with Gasteiger partial charge in [-0.3, -0.25) is 9.69 Å². The first-order valence-corrected chi connectivity index (χ1v) is 6.00. The van der Waals surface area contributed by atoms with E-state index in [0.717, 1.165) is 16.7 Å². The molecule has 0 aliphatic carbocycles. The van der Waals surface area contributed by atoms with E-state index in [4.69, 9.17) is 5.73 Å². The second-order valence-electron chi connectivity index (χ2n) is 3.47. The van der Waals surface area contributed by atoms with Crippen molar-refractivity contribution in [2.45, 2.75) is 18.6 Å². The predicted octanol–water partition coefficient (Wildman–Crippen LogP) is -0.244. The van der Waals surface area contributed by atoms with Crippen molar-refractivity contribution in [3.63, 3.8) is 0 Å². The van der Waals surface area contributed by atoms with Crippen LogP contribution in [0.15, 0.2) is 0 Å². The standard InChI is InChI=1S/C9H16N2O4S/c1-15-7(12)9(14)3-2-5-11(9)8(13)16-6-4-10/h14H,2-6,10H2,1H3/t9-/m1/s1. The summed E-state index contributed by atoms with van der Waals surface area (Å²) in [5, 5.41) is 9.74. The Labute approximate surface area is 98.1 Å². The van der Waals surface area contributed by atoms with Crippen LogP contribution in [-0.2, 0) is 9.53 Å². The molecule has 0 bridgehead atoms. The van der Waals surface area contributed by atoms with E-state index >= 15 is 0 Å². The monoisotopic (exact) mass is 248 g/mol. The van der Waals surface area contributed by atoms with Crippen LogP contribution < -0.4 is 5.73 Å². The average molecular weight is 248 g/mol. The molecule has 6 nitrogen and oxygen atoms in total. The number of nitrogens with two attached hydrogens (primary N) is 1. The fourth-order valence-corrected chi connectivity index (χ4v) is 2.34. The summed E-state index contributed by atoms with van der Waals surface area (Å²) in [6.45, 7) is 0.739. The summed E-state index contributed by atoms with van der Waals surface area (Å²) in [6.07, 6.45) is 0.801. The number of hydrogen-bond acceptors (Lipinski definition) is 6. The highest BCUT2D eigenvalue weighted by Gasteiger charge is 2.49. The maximum Gasteiger partial charge on any atom is 0.359 e. The van der Waals surface area contributed by atoms with Crippen LogP contribution in [0.2, 0.25) is 0 Å². The molecule has 0 aromatic rings. The molecule has 16 heavy (non-hydrogen) atoms. The van der Waals surface area contributed by atoms with Gasteiger partial charge in [0.2, 0.25) is 5.72 Å². The Hall–Kier alpha value is -0.790. The molecule has 92 valence electrons. The lowest BCUT2D eigenvalue weighted by Gasteiger charge is -2.30. The van der Waals surface area contributed by atoms with Crippen molar-refractivity contribution in [2.75, 3.05) is 26.0 Å². The van der Waals surface area contributed by atoms with Crippen LogP contribution in [0.4, 0.5) is 4.79 Å². The molecule has 0 radical (unpaired) electrons. The highest BCUT2D eigenvalue weighted by atomic mass is 32.2. The number of carbonyl (C=O) groups excluding carboxylic acids is 2. The molecule has 0 aromatic carbocycles. The summed E-state index contributed by atoms with van der Waals surface area (Å²) in [5.74, 6) is -0.321. The number of methoxy groups -OCH3 is 1. The number of thioether (sulfide) groups is 1. The van der Waals surface area contributed by atoms with Crippen molar-refractivity contribution in [3.05, 3.63) is 0 Å². The molecule has 1 amide bonds. The Morgan fingerprint density at radius 3 is 2.88 bits per heavy atom. The van der Waals surface area contributed by atoms with Crippen molar-refractivity contribution in [3.8, 4) is 0 Å². The Balaban J connectivity index is 2.71. The van der Waals surface area contributed by atoms with Crippen LogP contribution in [0.1, 0.15) is 12.8 Å². The van der Waals surface area contributed by atoms with E-state index < -0.39 is 11.7 Å². The third kappa shape index (κ3) is 2.47. The molecule has 1 heterocycles. The number of hydrogen-bond donors (Lipinski definition) is 2. The first-order chi connectivity index (χ1) is 7.56. The van der Waals surface area contributed by atoms with Crippen LogP contribution in [0.25, 0.3) is 0 Å². The lowest BCUT2D eigenvalue weighted by atomic mass is 10.1. The lowest BCUT2D eigenvalue weighted by Crippen LogP contribution is -2.52. The highest BCUT2D eigenvalue weighted by molar-refractivity contribution is 8.13. The van der Waals surface area contributed by atoms with Crippen molar-refractivity contribution in [1.82, 2.24) is 4.90 Å². The minimum absolute atomic E-state index is 0.217. The van der Waals surface area contributed by atoms with Gasteiger partial charge in [0.05, 0.1) is 7.11 Å².